The highest BCUT2D eigenvalue weighted by molar-refractivity contribution is 7.99. The lowest BCUT2D eigenvalue weighted by atomic mass is 10.1. The zero-order valence-corrected chi connectivity index (χ0v) is 20.6. The number of amides is 1. The van der Waals surface area contributed by atoms with Gasteiger partial charge in [0.05, 0.1) is 5.75 Å². The number of nitrogens with zero attached hydrogens (tertiary/aromatic N) is 4. The molecule has 6 nitrogen and oxygen atoms in total. The third-order valence-electron chi connectivity index (χ3n) is 4.93. The van der Waals surface area contributed by atoms with E-state index < -0.39 is 0 Å². The van der Waals surface area contributed by atoms with Gasteiger partial charge in [-0.3, -0.25) is 4.79 Å². The first kappa shape index (κ1) is 25.0. The van der Waals surface area contributed by atoms with Gasteiger partial charge >= 0.3 is 0 Å². The molecule has 3 aromatic rings. The predicted octanol–water partition coefficient (Wildman–Crippen LogP) is 4.15. The highest BCUT2D eigenvalue weighted by atomic mass is 35.5. The maximum absolute atomic E-state index is 12.3. The van der Waals surface area contributed by atoms with Crippen LogP contribution in [-0.4, -0.2) is 60.3 Å². The molecule has 1 aromatic heterocycles. The molecule has 1 amide bonds. The van der Waals surface area contributed by atoms with Crippen LogP contribution >= 0.6 is 23.4 Å². The fourth-order valence-corrected chi connectivity index (χ4v) is 4.09. The lowest BCUT2D eigenvalue weighted by molar-refractivity contribution is -0.118. The molecule has 1 heterocycles. The Labute approximate surface area is 205 Å². The lowest BCUT2D eigenvalue weighted by Crippen LogP contribution is -2.32. The van der Waals surface area contributed by atoms with Gasteiger partial charge in [-0.25, -0.2) is 9.97 Å². The maximum Gasteiger partial charge on any atom is 0.230 e. The van der Waals surface area contributed by atoms with Crippen LogP contribution in [0.5, 0.6) is 0 Å². The second-order valence-electron chi connectivity index (χ2n) is 7.92. The predicted molar refractivity (Wildman–Crippen MR) is 137 cm³/mol. The Balaban J connectivity index is 1.60. The number of halogens is 1. The molecule has 1 N–H and O–H groups in total. The zero-order chi connectivity index (χ0) is 23.5. The van der Waals surface area contributed by atoms with E-state index in [4.69, 9.17) is 16.6 Å². The Morgan fingerprint density at radius 2 is 1.64 bits per heavy atom. The molecule has 0 unspecified atom stereocenters. The van der Waals surface area contributed by atoms with Crippen molar-refractivity contribution in [2.45, 2.75) is 18.1 Å². The third-order valence-corrected chi connectivity index (χ3v) is 5.97. The summed E-state index contributed by atoms with van der Waals surface area (Å²) in [7, 11) is 4.09. The Bertz CT molecular complexity index is 1000. The lowest BCUT2D eigenvalue weighted by Gasteiger charge is -2.26. The molecule has 174 valence electrons. The van der Waals surface area contributed by atoms with E-state index in [2.05, 4.69) is 44.4 Å². The van der Waals surface area contributed by atoms with E-state index >= 15 is 0 Å². The van der Waals surface area contributed by atoms with E-state index in [-0.39, 0.29) is 11.7 Å². The number of anilines is 1. The van der Waals surface area contributed by atoms with Gasteiger partial charge in [0.15, 0.2) is 5.16 Å². The van der Waals surface area contributed by atoms with E-state index in [1.165, 1.54) is 22.9 Å². The van der Waals surface area contributed by atoms with Crippen molar-refractivity contribution >= 4 is 35.1 Å². The van der Waals surface area contributed by atoms with Crippen molar-refractivity contribution in [2.75, 3.05) is 44.4 Å². The first-order chi connectivity index (χ1) is 16.0. The van der Waals surface area contributed by atoms with Gasteiger partial charge < -0.3 is 15.1 Å². The second-order valence-corrected chi connectivity index (χ2v) is 9.25. The molecule has 0 aliphatic heterocycles. The Morgan fingerprint density at radius 1 is 0.970 bits per heavy atom. The van der Waals surface area contributed by atoms with Crippen LogP contribution < -0.4 is 10.2 Å². The average Bonchev–Trinajstić information content (AvgIpc) is 2.81. The minimum absolute atomic E-state index is 0.0465. The van der Waals surface area contributed by atoms with E-state index in [0.29, 0.717) is 23.4 Å². The molecule has 0 saturated carbocycles. The minimum Gasteiger partial charge on any atom is -0.355 e. The highest BCUT2D eigenvalue weighted by Crippen LogP contribution is 2.23. The summed E-state index contributed by atoms with van der Waals surface area (Å²) < 4.78 is 0. The molecule has 0 radical (unpaired) electrons. The molecule has 0 atom stereocenters. The highest BCUT2D eigenvalue weighted by Gasteiger charge is 2.14. The summed E-state index contributed by atoms with van der Waals surface area (Å²) in [6.45, 7) is 2.98. The Hall–Kier alpha value is -2.61. The van der Waals surface area contributed by atoms with E-state index in [1.807, 2.05) is 50.5 Å². The molecule has 8 heteroatoms. The second kappa shape index (κ2) is 13.2. The number of hydrogen-bond acceptors (Lipinski definition) is 6. The summed E-state index contributed by atoms with van der Waals surface area (Å²) in [5.41, 5.74) is 2.39. The van der Waals surface area contributed by atoms with Gasteiger partial charge in [-0.1, -0.05) is 84.0 Å². The van der Waals surface area contributed by atoms with Gasteiger partial charge in [0.2, 0.25) is 5.91 Å². The summed E-state index contributed by atoms with van der Waals surface area (Å²) in [5, 5.41) is 3.82. The van der Waals surface area contributed by atoms with E-state index in [1.54, 1.807) is 6.07 Å². The topological polar surface area (TPSA) is 61.4 Å². The van der Waals surface area contributed by atoms with Gasteiger partial charge in [0, 0.05) is 32.2 Å². The van der Waals surface area contributed by atoms with Crippen LogP contribution in [0.1, 0.15) is 11.1 Å². The third kappa shape index (κ3) is 9.04. The average molecular weight is 484 g/mol. The molecule has 0 aliphatic carbocycles. The fourth-order valence-electron chi connectivity index (χ4n) is 3.18. The molecule has 3 rings (SSSR count). The van der Waals surface area contributed by atoms with Crippen LogP contribution in [0.15, 0.2) is 71.9 Å². The van der Waals surface area contributed by atoms with Gasteiger partial charge in [0.1, 0.15) is 11.0 Å². The van der Waals surface area contributed by atoms with Crippen molar-refractivity contribution in [3.8, 4) is 0 Å². The summed E-state index contributed by atoms with van der Waals surface area (Å²) >= 11 is 7.62. The molecule has 0 aliphatic rings. The first-order valence-corrected chi connectivity index (χ1v) is 12.3. The molecular weight excluding hydrogens is 454 g/mol. The summed E-state index contributed by atoms with van der Waals surface area (Å²) in [5.74, 6) is 0.952. The van der Waals surface area contributed by atoms with Gasteiger partial charge in [-0.05, 0) is 31.6 Å². The molecule has 0 fully saturated rings. The number of thioether (sulfide) groups is 1. The number of carbonyl (C=O) groups is 1. The summed E-state index contributed by atoms with van der Waals surface area (Å²) in [4.78, 5) is 25.6. The maximum atomic E-state index is 12.3. The van der Waals surface area contributed by atoms with Crippen LogP contribution in [0.3, 0.4) is 0 Å². The van der Waals surface area contributed by atoms with Crippen LogP contribution in [0, 0.1) is 0 Å². The summed E-state index contributed by atoms with van der Waals surface area (Å²) in [6, 6.07) is 22.1. The smallest absolute Gasteiger partial charge is 0.230 e. The number of carbonyl (C=O) groups excluding carboxylic acids is 1. The minimum atomic E-state index is -0.0465. The number of likely N-dealkylation sites (N-methyl/N-ethyl adjacent to an activating group) is 1. The standard InChI is InChI=1S/C25H30ClN5OS/c1-30(2)15-16-31(18-21-11-7-4-8-12-21)23-17-22(26)28-25(29-23)33-19-24(32)27-14-13-20-9-5-3-6-10-20/h3-12,17H,13-16,18-19H2,1-2H3,(H,27,32). The number of benzene rings is 2. The fraction of sp³-hybridized carbons (Fsp3) is 0.320. The van der Waals surface area contributed by atoms with Gasteiger partial charge in [-0.15, -0.1) is 0 Å². The normalized spacial score (nSPS) is 10.9. The van der Waals surface area contributed by atoms with Crippen molar-refractivity contribution in [1.82, 2.24) is 20.2 Å². The Morgan fingerprint density at radius 3 is 2.30 bits per heavy atom. The number of rotatable bonds is 12. The number of nitrogens with one attached hydrogen (secondary N) is 1. The monoisotopic (exact) mass is 483 g/mol. The van der Waals surface area contributed by atoms with Gasteiger partial charge in [-0.2, -0.15) is 0 Å². The number of aromatic nitrogens is 2. The zero-order valence-electron chi connectivity index (χ0n) is 19.1. The SMILES string of the molecule is CN(C)CCN(Cc1ccccc1)c1cc(Cl)nc(SCC(=O)NCCc2ccccc2)n1. The molecule has 0 spiro atoms. The molecular formula is C25H30ClN5OS. The van der Waals surface area contributed by atoms with Crippen LogP contribution in [0.4, 0.5) is 5.82 Å². The molecule has 33 heavy (non-hydrogen) atoms. The first-order valence-electron chi connectivity index (χ1n) is 10.9. The van der Waals surface area contributed by atoms with E-state index in [0.717, 1.165) is 25.3 Å². The Kier molecular flexibility index (Phi) is 10.00. The van der Waals surface area contributed by atoms with Crippen LogP contribution in [0.2, 0.25) is 5.15 Å². The van der Waals surface area contributed by atoms with Crippen LogP contribution in [-0.2, 0) is 17.8 Å². The quantitative estimate of drug-likeness (QED) is 0.237. The van der Waals surface area contributed by atoms with Crippen molar-refractivity contribution in [2.24, 2.45) is 0 Å². The number of hydrogen-bond donors (Lipinski definition) is 1. The van der Waals surface area contributed by atoms with Crippen molar-refractivity contribution in [3.63, 3.8) is 0 Å². The van der Waals surface area contributed by atoms with Crippen LogP contribution in [0.25, 0.3) is 0 Å². The van der Waals surface area contributed by atoms with Crippen molar-refractivity contribution in [3.05, 3.63) is 83.0 Å². The molecule has 2 aromatic carbocycles. The summed E-state index contributed by atoms with van der Waals surface area (Å²) in [6.07, 6.45) is 0.801. The van der Waals surface area contributed by atoms with Crippen molar-refractivity contribution in [1.29, 1.82) is 0 Å². The van der Waals surface area contributed by atoms with Gasteiger partial charge in [0.25, 0.3) is 0 Å². The molecule has 0 saturated heterocycles. The molecule has 0 bridgehead atoms. The van der Waals surface area contributed by atoms with Crippen molar-refractivity contribution < 1.29 is 4.79 Å². The largest absolute Gasteiger partial charge is 0.355 e. The van der Waals surface area contributed by atoms with E-state index in [9.17, 15) is 4.79 Å².